The van der Waals surface area contributed by atoms with Crippen molar-refractivity contribution in [3.8, 4) is 0 Å². The number of hydrogen-bond acceptors (Lipinski definition) is 3. The predicted octanol–water partition coefficient (Wildman–Crippen LogP) is 1.61. The van der Waals surface area contributed by atoms with E-state index < -0.39 is 6.10 Å². The molecule has 0 radical (unpaired) electrons. The van der Waals surface area contributed by atoms with Gasteiger partial charge in [0.15, 0.2) is 12.2 Å². The fourth-order valence-corrected chi connectivity index (χ4v) is 2.94. The Bertz CT molecular complexity index is 496. The fraction of sp³-hybridized carbons (Fsp3) is 0.357. The summed E-state index contributed by atoms with van der Waals surface area (Å²) in [4.78, 5) is 1.18. The fourth-order valence-electron chi connectivity index (χ4n) is 1.94. The van der Waals surface area contributed by atoms with Crippen LogP contribution < -0.4 is 4.57 Å². The first-order valence-electron chi connectivity index (χ1n) is 6.02. The summed E-state index contributed by atoms with van der Waals surface area (Å²) in [6.07, 6.45) is 0.191. The van der Waals surface area contributed by atoms with Crippen LogP contribution in [0.1, 0.15) is 22.2 Å². The molecule has 4 heteroatoms. The van der Waals surface area contributed by atoms with Crippen molar-refractivity contribution in [3.05, 3.63) is 52.0 Å². The topological polar surface area (TPSA) is 44.3 Å². The predicted molar refractivity (Wildman–Crippen MR) is 71.4 cm³/mol. The summed E-state index contributed by atoms with van der Waals surface area (Å²) in [5.74, 6) is 0. The quantitative estimate of drug-likeness (QED) is 0.806. The molecule has 0 amide bonds. The van der Waals surface area contributed by atoms with Crippen molar-refractivity contribution in [1.82, 2.24) is 0 Å². The maximum Gasteiger partial charge on any atom is 0.225 e. The molecule has 96 valence electrons. The zero-order chi connectivity index (χ0) is 13.0. The smallest absolute Gasteiger partial charge is 0.225 e. The Balaban J connectivity index is 2.10. The lowest BCUT2D eigenvalue weighted by molar-refractivity contribution is -0.706. The number of aromatic nitrogens is 1. The molecule has 1 aromatic heterocycles. The van der Waals surface area contributed by atoms with Crippen molar-refractivity contribution in [1.29, 1.82) is 0 Å². The van der Waals surface area contributed by atoms with Crippen LogP contribution in [0.25, 0.3) is 0 Å². The van der Waals surface area contributed by atoms with Crippen LogP contribution in [0.2, 0.25) is 0 Å². The molecule has 2 N–H and O–H groups in total. The van der Waals surface area contributed by atoms with Crippen molar-refractivity contribution in [2.45, 2.75) is 26.0 Å². The Morgan fingerprint density at radius 3 is 2.67 bits per heavy atom. The van der Waals surface area contributed by atoms with E-state index in [0.717, 1.165) is 11.3 Å². The van der Waals surface area contributed by atoms with E-state index in [9.17, 15) is 5.11 Å². The lowest BCUT2D eigenvalue weighted by atomic mass is 10.1. The number of aliphatic hydroxyl groups excluding tert-OH is 2. The first-order valence-corrected chi connectivity index (χ1v) is 6.90. The van der Waals surface area contributed by atoms with Gasteiger partial charge in [0.1, 0.15) is 6.10 Å². The monoisotopic (exact) mass is 264 g/mol. The maximum atomic E-state index is 10.2. The van der Waals surface area contributed by atoms with Crippen LogP contribution in [-0.2, 0) is 13.0 Å². The minimum Gasteiger partial charge on any atom is -0.396 e. The second-order valence-electron chi connectivity index (χ2n) is 4.28. The molecule has 0 aliphatic heterocycles. The van der Waals surface area contributed by atoms with Gasteiger partial charge in [-0.1, -0.05) is 41.7 Å². The molecule has 0 saturated heterocycles. The van der Waals surface area contributed by atoms with Gasteiger partial charge >= 0.3 is 0 Å². The van der Waals surface area contributed by atoms with E-state index in [1.165, 1.54) is 4.88 Å². The largest absolute Gasteiger partial charge is 0.396 e. The number of rotatable bonds is 5. The van der Waals surface area contributed by atoms with Gasteiger partial charge in [-0.15, -0.1) is 0 Å². The van der Waals surface area contributed by atoms with Crippen molar-refractivity contribution < 1.29 is 14.8 Å². The minimum atomic E-state index is -0.494. The minimum absolute atomic E-state index is 0.169. The molecule has 0 spiro atoms. The molecule has 0 saturated carbocycles. The molecule has 1 atom stereocenters. The van der Waals surface area contributed by atoms with E-state index in [0.29, 0.717) is 13.0 Å². The van der Waals surface area contributed by atoms with Gasteiger partial charge in [0, 0.05) is 20.0 Å². The van der Waals surface area contributed by atoms with E-state index in [2.05, 4.69) is 0 Å². The molecule has 3 nitrogen and oxygen atoms in total. The molecule has 2 aromatic rings. The van der Waals surface area contributed by atoms with E-state index in [4.69, 9.17) is 5.11 Å². The van der Waals surface area contributed by atoms with Crippen molar-refractivity contribution >= 4 is 11.3 Å². The Hall–Kier alpha value is -1.23. The highest BCUT2D eigenvalue weighted by atomic mass is 32.1. The van der Waals surface area contributed by atoms with Gasteiger partial charge in [-0.3, -0.25) is 0 Å². The van der Waals surface area contributed by atoms with Gasteiger partial charge < -0.3 is 10.2 Å². The zero-order valence-corrected chi connectivity index (χ0v) is 11.2. The lowest BCUT2D eigenvalue weighted by Gasteiger charge is -2.07. The molecule has 0 fully saturated rings. The van der Waals surface area contributed by atoms with Gasteiger partial charge in [-0.05, 0) is 5.56 Å². The van der Waals surface area contributed by atoms with Crippen LogP contribution in [0.5, 0.6) is 0 Å². The van der Waals surface area contributed by atoms with Crippen LogP contribution in [-0.4, -0.2) is 16.8 Å². The number of thiazole rings is 1. The Labute approximate surface area is 111 Å². The summed E-state index contributed by atoms with van der Waals surface area (Å²) in [7, 11) is 0. The number of hydrogen-bond donors (Lipinski definition) is 2. The average molecular weight is 264 g/mol. The summed E-state index contributed by atoms with van der Waals surface area (Å²) >= 11 is 1.63. The summed E-state index contributed by atoms with van der Waals surface area (Å²) in [5.41, 5.74) is 4.07. The normalized spacial score (nSPS) is 12.6. The second kappa shape index (κ2) is 6.09. The first kappa shape index (κ1) is 13.2. The number of nitrogens with zero attached hydrogens (tertiary/aromatic N) is 1. The SMILES string of the molecule is Cc1c(CCO)sc[n+]1CC(O)c1ccccc1. The molecular formula is C14H18NO2S+. The molecular weight excluding hydrogens is 246 g/mol. The van der Waals surface area contributed by atoms with Gasteiger partial charge in [0.05, 0.1) is 4.88 Å². The highest BCUT2D eigenvalue weighted by Crippen LogP contribution is 2.15. The number of aliphatic hydroxyl groups is 2. The number of benzene rings is 1. The van der Waals surface area contributed by atoms with Gasteiger partial charge in [-0.25, -0.2) is 0 Å². The van der Waals surface area contributed by atoms with Crippen LogP contribution in [0, 0.1) is 6.92 Å². The van der Waals surface area contributed by atoms with Crippen molar-refractivity contribution in [2.75, 3.05) is 6.61 Å². The third-order valence-corrected chi connectivity index (χ3v) is 4.19. The van der Waals surface area contributed by atoms with E-state index >= 15 is 0 Å². The van der Waals surface area contributed by atoms with Gasteiger partial charge in [-0.2, -0.15) is 4.57 Å². The summed E-state index contributed by atoms with van der Waals surface area (Å²) in [6.45, 7) is 2.75. The second-order valence-corrected chi connectivity index (χ2v) is 5.22. The standard InChI is InChI=1S/C14H18NO2S/c1-11-14(7-8-16)18-10-15(11)9-13(17)12-5-3-2-4-6-12/h2-6,10,13,16-17H,7-9H2,1H3/q+1. The van der Waals surface area contributed by atoms with E-state index in [1.807, 2.05) is 47.3 Å². The third kappa shape index (κ3) is 2.96. The highest BCUT2D eigenvalue weighted by Gasteiger charge is 2.19. The van der Waals surface area contributed by atoms with Crippen LogP contribution in [0.15, 0.2) is 35.8 Å². The van der Waals surface area contributed by atoms with Crippen molar-refractivity contribution in [2.24, 2.45) is 0 Å². The Morgan fingerprint density at radius 1 is 1.28 bits per heavy atom. The van der Waals surface area contributed by atoms with Crippen LogP contribution in [0.3, 0.4) is 0 Å². The highest BCUT2D eigenvalue weighted by molar-refractivity contribution is 7.09. The van der Waals surface area contributed by atoms with E-state index in [1.54, 1.807) is 11.3 Å². The van der Waals surface area contributed by atoms with Crippen LogP contribution in [0.4, 0.5) is 0 Å². The first-order chi connectivity index (χ1) is 8.72. The summed E-state index contributed by atoms with van der Waals surface area (Å²) < 4.78 is 2.05. The van der Waals surface area contributed by atoms with E-state index in [-0.39, 0.29) is 6.61 Å². The van der Waals surface area contributed by atoms with Crippen molar-refractivity contribution in [3.63, 3.8) is 0 Å². The molecule has 0 bridgehead atoms. The molecule has 18 heavy (non-hydrogen) atoms. The summed E-state index contributed by atoms with van der Waals surface area (Å²) in [6, 6.07) is 9.67. The molecule has 1 heterocycles. The molecule has 0 aliphatic rings. The van der Waals surface area contributed by atoms with Gasteiger partial charge in [0.2, 0.25) is 5.51 Å². The maximum absolute atomic E-state index is 10.2. The summed E-state index contributed by atoms with van der Waals surface area (Å²) in [5, 5.41) is 19.1. The van der Waals surface area contributed by atoms with Gasteiger partial charge in [0.25, 0.3) is 0 Å². The lowest BCUT2D eigenvalue weighted by Crippen LogP contribution is -2.37. The average Bonchev–Trinajstić information content (AvgIpc) is 2.73. The molecule has 1 unspecified atom stereocenters. The Morgan fingerprint density at radius 2 is 2.00 bits per heavy atom. The third-order valence-electron chi connectivity index (χ3n) is 3.05. The van der Waals surface area contributed by atoms with Crippen LogP contribution >= 0.6 is 11.3 Å². The molecule has 1 aromatic carbocycles. The molecule has 0 aliphatic carbocycles. The zero-order valence-electron chi connectivity index (χ0n) is 10.4. The molecule has 2 rings (SSSR count). The Kier molecular flexibility index (Phi) is 4.47.